The van der Waals surface area contributed by atoms with Crippen LogP contribution in [0.5, 0.6) is 0 Å². The Morgan fingerprint density at radius 3 is 2.94 bits per heavy atom. The number of nitrogens with zero attached hydrogens (tertiary/aromatic N) is 2. The molecule has 17 heavy (non-hydrogen) atoms. The van der Waals surface area contributed by atoms with Gasteiger partial charge in [-0.25, -0.2) is 9.97 Å². The molecule has 5 heteroatoms. The van der Waals surface area contributed by atoms with E-state index in [1.807, 2.05) is 6.92 Å². The Kier molecular flexibility index (Phi) is 2.80. The highest BCUT2D eigenvalue weighted by atomic mass is 32.1. The minimum Gasteiger partial charge on any atom is -0.293 e. The Labute approximate surface area is 108 Å². The van der Waals surface area contributed by atoms with Crippen LogP contribution in [-0.4, -0.2) is 15.8 Å². The van der Waals surface area contributed by atoms with Gasteiger partial charge in [-0.3, -0.25) is 4.79 Å². The third-order valence-corrected chi connectivity index (χ3v) is 4.77. The van der Waals surface area contributed by atoms with Crippen molar-refractivity contribution < 1.29 is 4.79 Å². The first-order valence-electron chi connectivity index (χ1n) is 5.65. The smallest absolute Gasteiger partial charge is 0.174 e. The Hall–Kier alpha value is -1.07. The summed E-state index contributed by atoms with van der Waals surface area (Å²) in [6.45, 7) is 2.00. The highest BCUT2D eigenvalue weighted by molar-refractivity contribution is 7.14. The Morgan fingerprint density at radius 1 is 1.35 bits per heavy atom. The standard InChI is InChI=1S/C12H12N2OS2/c1-7-13-8(6-16-7)5-11-14-9-3-2-4-10(15)12(9)17-11/h6H,2-5H2,1H3. The van der Waals surface area contributed by atoms with Crippen LogP contribution >= 0.6 is 22.7 Å². The van der Waals surface area contributed by atoms with Crippen LogP contribution in [0.1, 0.15) is 43.9 Å². The number of thiazole rings is 2. The lowest BCUT2D eigenvalue weighted by Gasteiger charge is -2.06. The lowest BCUT2D eigenvalue weighted by Crippen LogP contribution is -2.07. The van der Waals surface area contributed by atoms with Gasteiger partial charge in [-0.05, 0) is 19.8 Å². The summed E-state index contributed by atoms with van der Waals surface area (Å²) in [6, 6.07) is 0. The fourth-order valence-electron chi connectivity index (χ4n) is 2.04. The average molecular weight is 264 g/mol. The molecule has 1 aliphatic rings. The van der Waals surface area contributed by atoms with Gasteiger partial charge in [-0.2, -0.15) is 0 Å². The number of rotatable bonds is 2. The van der Waals surface area contributed by atoms with Crippen LogP contribution in [0.25, 0.3) is 0 Å². The molecule has 0 N–H and O–H groups in total. The van der Waals surface area contributed by atoms with Gasteiger partial charge in [0.15, 0.2) is 5.78 Å². The Balaban J connectivity index is 1.87. The first kappa shape index (κ1) is 11.0. The van der Waals surface area contributed by atoms with Gasteiger partial charge in [0.05, 0.1) is 26.3 Å². The molecule has 88 valence electrons. The van der Waals surface area contributed by atoms with E-state index in [9.17, 15) is 4.79 Å². The zero-order valence-corrected chi connectivity index (χ0v) is 11.2. The van der Waals surface area contributed by atoms with Gasteiger partial charge in [0.2, 0.25) is 0 Å². The lowest BCUT2D eigenvalue weighted by atomic mass is 10.0. The summed E-state index contributed by atoms with van der Waals surface area (Å²) in [4.78, 5) is 21.6. The number of fused-ring (bicyclic) bond motifs is 1. The molecular formula is C12H12N2OS2. The minimum absolute atomic E-state index is 0.268. The van der Waals surface area contributed by atoms with Crippen LogP contribution in [0.2, 0.25) is 0 Å². The van der Waals surface area contributed by atoms with E-state index in [0.717, 1.165) is 45.5 Å². The highest BCUT2D eigenvalue weighted by Gasteiger charge is 2.22. The van der Waals surface area contributed by atoms with E-state index >= 15 is 0 Å². The zero-order chi connectivity index (χ0) is 11.8. The maximum absolute atomic E-state index is 11.7. The van der Waals surface area contributed by atoms with Crippen LogP contribution in [0.3, 0.4) is 0 Å². The molecule has 0 bridgehead atoms. The molecule has 0 atom stereocenters. The van der Waals surface area contributed by atoms with E-state index in [1.165, 1.54) is 0 Å². The Bertz CT molecular complexity index is 571. The molecule has 0 fully saturated rings. The van der Waals surface area contributed by atoms with Gasteiger partial charge in [-0.1, -0.05) is 0 Å². The molecule has 0 aromatic carbocycles. The number of hydrogen-bond acceptors (Lipinski definition) is 5. The van der Waals surface area contributed by atoms with Gasteiger partial charge in [0, 0.05) is 18.2 Å². The quantitative estimate of drug-likeness (QED) is 0.837. The van der Waals surface area contributed by atoms with E-state index in [1.54, 1.807) is 22.7 Å². The minimum atomic E-state index is 0.268. The monoisotopic (exact) mass is 264 g/mol. The molecule has 0 spiro atoms. The summed E-state index contributed by atoms with van der Waals surface area (Å²) in [6.07, 6.45) is 3.35. The van der Waals surface area contributed by atoms with Crippen LogP contribution in [0.15, 0.2) is 5.38 Å². The lowest BCUT2D eigenvalue weighted by molar-refractivity contribution is 0.0976. The molecule has 0 amide bonds. The second-order valence-corrected chi connectivity index (χ2v) is 6.34. The van der Waals surface area contributed by atoms with Crippen molar-refractivity contribution in [1.82, 2.24) is 9.97 Å². The molecule has 2 aromatic heterocycles. The van der Waals surface area contributed by atoms with Crippen molar-refractivity contribution in [2.45, 2.75) is 32.6 Å². The zero-order valence-electron chi connectivity index (χ0n) is 9.52. The predicted octanol–water partition coefficient (Wildman–Crippen LogP) is 3.02. The summed E-state index contributed by atoms with van der Waals surface area (Å²) >= 11 is 3.21. The molecule has 0 unspecified atom stereocenters. The first-order valence-corrected chi connectivity index (χ1v) is 7.35. The molecule has 0 radical (unpaired) electrons. The van der Waals surface area contributed by atoms with E-state index in [2.05, 4.69) is 15.3 Å². The third kappa shape index (κ3) is 2.17. The summed E-state index contributed by atoms with van der Waals surface area (Å²) in [5.41, 5.74) is 2.07. The normalized spacial score (nSPS) is 15.0. The van der Waals surface area contributed by atoms with Gasteiger partial charge >= 0.3 is 0 Å². The van der Waals surface area contributed by atoms with E-state index in [0.29, 0.717) is 6.42 Å². The molecule has 0 saturated carbocycles. The van der Waals surface area contributed by atoms with Crippen molar-refractivity contribution >= 4 is 28.5 Å². The van der Waals surface area contributed by atoms with Crippen LogP contribution < -0.4 is 0 Å². The summed E-state index contributed by atoms with van der Waals surface area (Å²) in [5, 5.41) is 4.17. The van der Waals surface area contributed by atoms with Crippen LogP contribution in [-0.2, 0) is 12.8 Å². The predicted molar refractivity (Wildman–Crippen MR) is 69.0 cm³/mol. The number of ketones is 1. The first-order chi connectivity index (χ1) is 8.22. The summed E-state index contributed by atoms with van der Waals surface area (Å²) in [7, 11) is 0. The van der Waals surface area contributed by atoms with Crippen molar-refractivity contribution in [2.24, 2.45) is 0 Å². The number of carbonyl (C=O) groups excluding carboxylic acids is 1. The molecule has 3 nitrogen and oxygen atoms in total. The molecule has 0 aliphatic heterocycles. The fraction of sp³-hybridized carbons (Fsp3) is 0.417. The molecule has 2 aromatic rings. The third-order valence-electron chi connectivity index (χ3n) is 2.81. The fourth-order valence-corrected chi connectivity index (χ4v) is 3.74. The number of carbonyl (C=O) groups is 1. The van der Waals surface area contributed by atoms with E-state index in [4.69, 9.17) is 0 Å². The second kappa shape index (κ2) is 4.31. The largest absolute Gasteiger partial charge is 0.293 e. The highest BCUT2D eigenvalue weighted by Crippen LogP contribution is 2.28. The van der Waals surface area contributed by atoms with Crippen molar-refractivity contribution in [2.75, 3.05) is 0 Å². The molecule has 3 rings (SSSR count). The molecule has 0 saturated heterocycles. The summed E-state index contributed by atoms with van der Waals surface area (Å²) < 4.78 is 0. The number of aryl methyl sites for hydroxylation is 2. The van der Waals surface area contributed by atoms with Gasteiger partial charge < -0.3 is 0 Å². The second-order valence-electron chi connectivity index (χ2n) is 4.19. The molecule has 2 heterocycles. The number of Topliss-reactive ketones (excluding diaryl/α,β-unsaturated/α-hetero) is 1. The topological polar surface area (TPSA) is 42.9 Å². The van der Waals surface area contributed by atoms with E-state index < -0.39 is 0 Å². The molecular weight excluding hydrogens is 252 g/mol. The average Bonchev–Trinajstić information content (AvgIpc) is 2.86. The van der Waals surface area contributed by atoms with Crippen LogP contribution in [0, 0.1) is 6.92 Å². The van der Waals surface area contributed by atoms with Crippen molar-refractivity contribution in [1.29, 1.82) is 0 Å². The maximum Gasteiger partial charge on any atom is 0.174 e. The van der Waals surface area contributed by atoms with Gasteiger partial charge in [-0.15, -0.1) is 22.7 Å². The van der Waals surface area contributed by atoms with Crippen LogP contribution in [0.4, 0.5) is 0 Å². The van der Waals surface area contributed by atoms with Crippen molar-refractivity contribution in [3.05, 3.63) is 31.7 Å². The maximum atomic E-state index is 11.7. The van der Waals surface area contributed by atoms with Gasteiger partial charge in [0.25, 0.3) is 0 Å². The van der Waals surface area contributed by atoms with Crippen molar-refractivity contribution in [3.63, 3.8) is 0 Å². The summed E-state index contributed by atoms with van der Waals surface area (Å²) in [5.74, 6) is 0.268. The van der Waals surface area contributed by atoms with E-state index in [-0.39, 0.29) is 5.78 Å². The van der Waals surface area contributed by atoms with Gasteiger partial charge in [0.1, 0.15) is 0 Å². The Morgan fingerprint density at radius 2 is 2.24 bits per heavy atom. The molecule has 1 aliphatic carbocycles. The number of hydrogen-bond donors (Lipinski definition) is 0. The number of aromatic nitrogens is 2. The SMILES string of the molecule is Cc1nc(Cc2nc3c(s2)C(=O)CCC3)cs1. The van der Waals surface area contributed by atoms with Crippen molar-refractivity contribution in [3.8, 4) is 0 Å².